The van der Waals surface area contributed by atoms with E-state index >= 15 is 0 Å². The Morgan fingerprint density at radius 1 is 0.852 bits per heavy atom. The van der Waals surface area contributed by atoms with Crippen LogP contribution in [0.25, 0.3) is 0 Å². The van der Waals surface area contributed by atoms with Crippen LogP contribution in [-0.2, 0) is 6.42 Å². The first kappa shape index (κ1) is 22.2. The maximum absolute atomic E-state index is 14.3. The lowest BCUT2D eigenvalue weighted by molar-refractivity contribution is 0.248. The van der Waals surface area contributed by atoms with Gasteiger partial charge in [0.05, 0.1) is 6.61 Å². The largest absolute Gasteiger partial charge is 0.493 e. The quantitative estimate of drug-likeness (QED) is 0.316. The topological polar surface area (TPSA) is 9.23 Å². The van der Waals surface area contributed by atoms with Crippen molar-refractivity contribution in [2.24, 2.45) is 11.8 Å². The number of hydrogen-bond acceptors (Lipinski definition) is 1. The fourth-order valence-corrected chi connectivity index (χ4v) is 4.36. The summed E-state index contributed by atoms with van der Waals surface area (Å²) < 4.78 is 19.9. The number of aryl methyl sites for hydroxylation is 1. The molecule has 0 aromatic heterocycles. The molecule has 0 heterocycles. The van der Waals surface area contributed by atoms with Gasteiger partial charge in [0.2, 0.25) is 0 Å². The van der Waals surface area contributed by atoms with Crippen molar-refractivity contribution in [2.75, 3.05) is 6.61 Å². The van der Waals surface area contributed by atoms with Gasteiger partial charge in [-0.05, 0) is 42.7 Å². The van der Waals surface area contributed by atoms with Crippen molar-refractivity contribution in [3.63, 3.8) is 0 Å². The summed E-state index contributed by atoms with van der Waals surface area (Å²) >= 11 is 0. The summed E-state index contributed by atoms with van der Waals surface area (Å²) in [5, 5.41) is 0. The Kier molecular flexibility index (Phi) is 10.9. The molecule has 1 aromatic carbocycles. The molecule has 0 N–H and O–H groups in total. The highest BCUT2D eigenvalue weighted by atomic mass is 19.1. The monoisotopic (exact) mass is 376 g/mol. The molecular formula is C25H41FO. The van der Waals surface area contributed by atoms with Gasteiger partial charge in [0, 0.05) is 6.07 Å². The molecule has 0 unspecified atom stereocenters. The Labute approximate surface area is 167 Å². The smallest absolute Gasteiger partial charge is 0.130 e. The van der Waals surface area contributed by atoms with Gasteiger partial charge in [0.15, 0.2) is 0 Å². The minimum Gasteiger partial charge on any atom is -0.493 e. The van der Waals surface area contributed by atoms with Crippen molar-refractivity contribution in [3.8, 4) is 5.75 Å². The molecule has 0 spiro atoms. The number of unbranched alkanes of at least 4 members (excludes halogenated alkanes) is 5. The molecule has 0 radical (unpaired) electrons. The SMILES string of the molecule is CCCCCCC[C@H]1CC[C@H](CCc2ccc(OCCCC)cc2F)CC1. The number of hydrogen-bond donors (Lipinski definition) is 0. The van der Waals surface area contributed by atoms with Gasteiger partial charge >= 0.3 is 0 Å². The zero-order valence-corrected chi connectivity index (χ0v) is 17.8. The van der Waals surface area contributed by atoms with Gasteiger partial charge in [-0.25, -0.2) is 4.39 Å². The summed E-state index contributed by atoms with van der Waals surface area (Å²) in [7, 11) is 0. The fraction of sp³-hybridized carbons (Fsp3) is 0.760. The fourth-order valence-electron chi connectivity index (χ4n) is 4.36. The summed E-state index contributed by atoms with van der Waals surface area (Å²) in [4.78, 5) is 0. The van der Waals surface area contributed by atoms with E-state index in [1.165, 1.54) is 64.2 Å². The van der Waals surface area contributed by atoms with Crippen LogP contribution in [0.5, 0.6) is 5.75 Å². The van der Waals surface area contributed by atoms with Gasteiger partial charge in [-0.2, -0.15) is 0 Å². The Morgan fingerprint density at radius 2 is 1.52 bits per heavy atom. The summed E-state index contributed by atoms with van der Waals surface area (Å²) in [5.74, 6) is 2.33. The second-order valence-corrected chi connectivity index (χ2v) is 8.58. The minimum absolute atomic E-state index is 0.0928. The van der Waals surface area contributed by atoms with Gasteiger partial charge < -0.3 is 4.74 Å². The van der Waals surface area contributed by atoms with Crippen LogP contribution in [0.3, 0.4) is 0 Å². The molecule has 2 rings (SSSR count). The van der Waals surface area contributed by atoms with Crippen LogP contribution in [0.2, 0.25) is 0 Å². The molecular weight excluding hydrogens is 335 g/mol. The Bertz CT molecular complexity index is 505. The first-order valence-electron chi connectivity index (χ1n) is 11.6. The van der Waals surface area contributed by atoms with Gasteiger partial charge in [-0.1, -0.05) is 90.5 Å². The van der Waals surface area contributed by atoms with E-state index in [4.69, 9.17) is 4.74 Å². The van der Waals surface area contributed by atoms with Crippen molar-refractivity contribution in [2.45, 2.75) is 104 Å². The van der Waals surface area contributed by atoms with E-state index < -0.39 is 0 Å². The highest BCUT2D eigenvalue weighted by Crippen LogP contribution is 2.34. The summed E-state index contributed by atoms with van der Waals surface area (Å²) in [6.07, 6.45) is 18.0. The van der Waals surface area contributed by atoms with E-state index in [1.54, 1.807) is 6.07 Å². The average Bonchev–Trinajstić information content (AvgIpc) is 2.68. The van der Waals surface area contributed by atoms with Crippen molar-refractivity contribution < 1.29 is 9.13 Å². The van der Waals surface area contributed by atoms with Gasteiger partial charge in [-0.15, -0.1) is 0 Å². The van der Waals surface area contributed by atoms with E-state index in [9.17, 15) is 4.39 Å². The molecule has 1 aliphatic carbocycles. The van der Waals surface area contributed by atoms with Crippen molar-refractivity contribution in [3.05, 3.63) is 29.6 Å². The average molecular weight is 377 g/mol. The molecule has 0 atom stereocenters. The summed E-state index contributed by atoms with van der Waals surface area (Å²) in [5.41, 5.74) is 0.857. The number of rotatable bonds is 13. The van der Waals surface area contributed by atoms with Crippen LogP contribution in [0.1, 0.15) is 103 Å². The van der Waals surface area contributed by atoms with E-state index in [0.717, 1.165) is 43.1 Å². The van der Waals surface area contributed by atoms with Crippen molar-refractivity contribution >= 4 is 0 Å². The zero-order chi connectivity index (χ0) is 19.3. The van der Waals surface area contributed by atoms with Crippen LogP contribution in [0, 0.1) is 17.7 Å². The van der Waals surface area contributed by atoms with Crippen LogP contribution in [-0.4, -0.2) is 6.61 Å². The second-order valence-electron chi connectivity index (χ2n) is 8.58. The molecule has 0 bridgehead atoms. The molecule has 1 aliphatic rings. The normalized spacial score (nSPS) is 20.0. The second kappa shape index (κ2) is 13.2. The van der Waals surface area contributed by atoms with Crippen molar-refractivity contribution in [1.29, 1.82) is 0 Å². The van der Waals surface area contributed by atoms with Gasteiger partial charge in [-0.3, -0.25) is 0 Å². The first-order chi connectivity index (χ1) is 13.2. The number of ether oxygens (including phenoxy) is 1. The summed E-state index contributed by atoms with van der Waals surface area (Å²) in [6.45, 7) is 5.09. The molecule has 154 valence electrons. The maximum atomic E-state index is 14.3. The Hall–Kier alpha value is -1.05. The third-order valence-electron chi connectivity index (χ3n) is 6.30. The zero-order valence-electron chi connectivity index (χ0n) is 17.8. The van der Waals surface area contributed by atoms with E-state index in [1.807, 2.05) is 12.1 Å². The van der Waals surface area contributed by atoms with Crippen LogP contribution >= 0.6 is 0 Å². The van der Waals surface area contributed by atoms with Gasteiger partial charge in [0.1, 0.15) is 11.6 Å². The molecule has 0 aliphatic heterocycles. The van der Waals surface area contributed by atoms with Crippen LogP contribution in [0.4, 0.5) is 4.39 Å². The molecule has 1 fully saturated rings. The minimum atomic E-state index is -0.0928. The lowest BCUT2D eigenvalue weighted by Crippen LogP contribution is -2.15. The van der Waals surface area contributed by atoms with Crippen LogP contribution < -0.4 is 4.74 Å². The lowest BCUT2D eigenvalue weighted by Gasteiger charge is -2.28. The third-order valence-corrected chi connectivity index (χ3v) is 6.30. The Balaban J connectivity index is 1.63. The highest BCUT2D eigenvalue weighted by Gasteiger charge is 2.21. The maximum Gasteiger partial charge on any atom is 0.130 e. The lowest BCUT2D eigenvalue weighted by atomic mass is 9.77. The summed E-state index contributed by atoms with van der Waals surface area (Å²) in [6, 6.07) is 5.43. The van der Waals surface area contributed by atoms with Crippen LogP contribution in [0.15, 0.2) is 18.2 Å². The predicted octanol–water partition coefficient (Wildman–Crippen LogP) is 8.10. The predicted molar refractivity (Wildman–Crippen MR) is 114 cm³/mol. The molecule has 1 aromatic rings. The molecule has 1 saturated carbocycles. The van der Waals surface area contributed by atoms with E-state index in [2.05, 4.69) is 13.8 Å². The molecule has 27 heavy (non-hydrogen) atoms. The van der Waals surface area contributed by atoms with Crippen molar-refractivity contribution in [1.82, 2.24) is 0 Å². The first-order valence-corrected chi connectivity index (χ1v) is 11.6. The molecule has 0 saturated heterocycles. The van der Waals surface area contributed by atoms with E-state index in [-0.39, 0.29) is 5.82 Å². The number of benzene rings is 1. The standard InChI is InChI=1S/C25H41FO/c1-3-5-7-8-9-10-21-11-13-22(14-12-21)15-16-23-17-18-24(20-25(23)26)27-19-6-4-2/h17-18,20-22H,3-16,19H2,1-2H3/t21-,22-. The molecule has 0 amide bonds. The van der Waals surface area contributed by atoms with Gasteiger partial charge in [0.25, 0.3) is 0 Å². The highest BCUT2D eigenvalue weighted by molar-refractivity contribution is 5.29. The number of halogens is 1. The Morgan fingerprint density at radius 3 is 2.19 bits per heavy atom. The molecule has 2 heteroatoms. The third kappa shape index (κ3) is 8.66. The molecule has 1 nitrogen and oxygen atoms in total. The van der Waals surface area contributed by atoms with E-state index in [0.29, 0.717) is 12.4 Å².